The van der Waals surface area contributed by atoms with E-state index in [-0.39, 0.29) is 10.5 Å². The third-order valence-electron chi connectivity index (χ3n) is 2.76. The Hall–Kier alpha value is -2.15. The van der Waals surface area contributed by atoms with Crippen molar-refractivity contribution in [2.75, 3.05) is 6.26 Å². The summed E-state index contributed by atoms with van der Waals surface area (Å²) in [4.78, 5) is 11.9. The third kappa shape index (κ3) is 3.13. The Balaban J connectivity index is 2.56. The number of ketones is 1. The Morgan fingerprint density at radius 2 is 1.57 bits per heavy atom. The molecule has 0 radical (unpaired) electrons. The molecule has 0 aliphatic rings. The summed E-state index contributed by atoms with van der Waals surface area (Å²) in [5.74, 6) is -4.90. The molecule has 2 aromatic carbocycles. The van der Waals surface area contributed by atoms with Crippen molar-refractivity contribution in [1.82, 2.24) is 0 Å². The van der Waals surface area contributed by atoms with Gasteiger partial charge in [-0.15, -0.1) is 0 Å². The number of carbonyl (C=O) groups excluding carboxylic acids is 1. The molecule has 7 heteroatoms. The number of hydrogen-bond donors (Lipinski definition) is 0. The van der Waals surface area contributed by atoms with Crippen LogP contribution in [0.15, 0.2) is 41.3 Å². The number of carbonyl (C=O) groups is 1. The SMILES string of the molecule is CS(=O)(=O)c1cccc(C(=O)c2c(F)cc(F)cc2F)c1. The highest BCUT2D eigenvalue weighted by atomic mass is 32.2. The molecule has 0 unspecified atom stereocenters. The summed E-state index contributed by atoms with van der Waals surface area (Å²) in [6.07, 6.45) is 0.940. The first kappa shape index (κ1) is 15.2. The standard InChI is InChI=1S/C14H9F3O3S/c1-21(19,20)10-4-2-3-8(5-10)14(18)13-11(16)6-9(15)7-12(13)17/h2-7H,1H3. The molecule has 110 valence electrons. The van der Waals surface area contributed by atoms with Crippen LogP contribution < -0.4 is 0 Å². The van der Waals surface area contributed by atoms with Gasteiger partial charge in [0.15, 0.2) is 15.6 Å². The predicted molar refractivity (Wildman–Crippen MR) is 69.3 cm³/mol. The Morgan fingerprint density at radius 1 is 1.00 bits per heavy atom. The van der Waals surface area contributed by atoms with Gasteiger partial charge in [0.05, 0.1) is 10.5 Å². The van der Waals surface area contributed by atoms with Crippen LogP contribution in [0.3, 0.4) is 0 Å². The molecule has 2 rings (SSSR count). The lowest BCUT2D eigenvalue weighted by Gasteiger charge is -2.06. The van der Waals surface area contributed by atoms with Gasteiger partial charge in [-0.2, -0.15) is 0 Å². The fourth-order valence-electron chi connectivity index (χ4n) is 1.77. The summed E-state index contributed by atoms with van der Waals surface area (Å²) in [6, 6.07) is 5.54. The summed E-state index contributed by atoms with van der Waals surface area (Å²) < 4.78 is 62.8. The van der Waals surface area contributed by atoms with E-state index in [1.54, 1.807) is 0 Å². The van der Waals surface area contributed by atoms with Crippen molar-refractivity contribution in [2.24, 2.45) is 0 Å². The second-order valence-corrected chi connectivity index (χ2v) is 6.39. The quantitative estimate of drug-likeness (QED) is 0.819. The van der Waals surface area contributed by atoms with E-state index in [1.807, 2.05) is 0 Å². The van der Waals surface area contributed by atoms with Crippen molar-refractivity contribution in [3.8, 4) is 0 Å². The molecule has 21 heavy (non-hydrogen) atoms. The van der Waals surface area contributed by atoms with Crippen molar-refractivity contribution in [1.29, 1.82) is 0 Å². The van der Waals surface area contributed by atoms with E-state index in [0.717, 1.165) is 12.3 Å². The van der Waals surface area contributed by atoms with Crippen LogP contribution in [0, 0.1) is 17.5 Å². The van der Waals surface area contributed by atoms with Crippen molar-refractivity contribution in [3.05, 3.63) is 65.0 Å². The van der Waals surface area contributed by atoms with Crippen LogP contribution in [-0.2, 0) is 9.84 Å². The van der Waals surface area contributed by atoms with Crippen LogP contribution in [0.5, 0.6) is 0 Å². The summed E-state index contributed by atoms with van der Waals surface area (Å²) in [7, 11) is -3.57. The second kappa shape index (κ2) is 5.33. The molecule has 0 aliphatic carbocycles. The molecule has 0 N–H and O–H groups in total. The Labute approximate surface area is 119 Å². The molecular weight excluding hydrogens is 305 g/mol. The number of halogens is 3. The zero-order valence-electron chi connectivity index (χ0n) is 10.7. The molecule has 0 amide bonds. The first-order valence-corrected chi connectivity index (χ1v) is 7.58. The van der Waals surface area contributed by atoms with Gasteiger partial charge in [-0.3, -0.25) is 4.79 Å². The maximum Gasteiger partial charge on any atom is 0.198 e. The molecule has 0 saturated heterocycles. The predicted octanol–water partition coefficient (Wildman–Crippen LogP) is 2.74. The second-order valence-electron chi connectivity index (χ2n) is 4.37. The van der Waals surface area contributed by atoms with E-state index in [4.69, 9.17) is 0 Å². The summed E-state index contributed by atoms with van der Waals surface area (Å²) in [5, 5.41) is 0. The third-order valence-corrected chi connectivity index (χ3v) is 3.87. The molecule has 0 aromatic heterocycles. The zero-order valence-corrected chi connectivity index (χ0v) is 11.5. The fourth-order valence-corrected chi connectivity index (χ4v) is 2.44. The average Bonchev–Trinajstić information content (AvgIpc) is 2.36. The van der Waals surface area contributed by atoms with Crippen LogP contribution in [0.4, 0.5) is 13.2 Å². The van der Waals surface area contributed by atoms with Crippen LogP contribution >= 0.6 is 0 Å². The van der Waals surface area contributed by atoms with E-state index >= 15 is 0 Å². The zero-order chi connectivity index (χ0) is 15.8. The van der Waals surface area contributed by atoms with Gasteiger partial charge < -0.3 is 0 Å². The van der Waals surface area contributed by atoms with Gasteiger partial charge in [0, 0.05) is 24.0 Å². The Bertz CT molecular complexity index is 806. The minimum atomic E-state index is -3.57. The van der Waals surface area contributed by atoms with Crippen LogP contribution in [0.1, 0.15) is 15.9 Å². The molecule has 3 nitrogen and oxygen atoms in total. The van der Waals surface area contributed by atoms with E-state index < -0.39 is 38.6 Å². The van der Waals surface area contributed by atoms with Gasteiger partial charge in [-0.25, -0.2) is 21.6 Å². The van der Waals surface area contributed by atoms with E-state index in [0.29, 0.717) is 12.1 Å². The van der Waals surface area contributed by atoms with Crippen molar-refractivity contribution >= 4 is 15.6 Å². The van der Waals surface area contributed by atoms with E-state index in [2.05, 4.69) is 0 Å². The Morgan fingerprint density at radius 3 is 2.10 bits per heavy atom. The molecule has 0 atom stereocenters. The van der Waals surface area contributed by atoms with Gasteiger partial charge in [0.2, 0.25) is 0 Å². The lowest BCUT2D eigenvalue weighted by Crippen LogP contribution is -2.09. The van der Waals surface area contributed by atoms with Crippen molar-refractivity contribution in [2.45, 2.75) is 4.90 Å². The topological polar surface area (TPSA) is 51.2 Å². The largest absolute Gasteiger partial charge is 0.288 e. The van der Waals surface area contributed by atoms with E-state index in [1.165, 1.54) is 18.2 Å². The maximum atomic E-state index is 13.6. The first-order valence-electron chi connectivity index (χ1n) is 5.69. The molecule has 0 bridgehead atoms. The minimum Gasteiger partial charge on any atom is -0.288 e. The summed E-state index contributed by atoms with van der Waals surface area (Å²) >= 11 is 0. The summed E-state index contributed by atoms with van der Waals surface area (Å²) in [5.41, 5.74) is -1.13. The monoisotopic (exact) mass is 314 g/mol. The number of benzene rings is 2. The van der Waals surface area contributed by atoms with Crippen LogP contribution in [0.25, 0.3) is 0 Å². The first-order chi connectivity index (χ1) is 9.70. The molecule has 0 saturated carbocycles. The number of rotatable bonds is 3. The highest BCUT2D eigenvalue weighted by molar-refractivity contribution is 7.90. The normalized spacial score (nSPS) is 11.4. The Kier molecular flexibility index (Phi) is 3.87. The van der Waals surface area contributed by atoms with Gasteiger partial charge in [0.1, 0.15) is 17.5 Å². The van der Waals surface area contributed by atoms with E-state index in [9.17, 15) is 26.4 Å². The smallest absolute Gasteiger partial charge is 0.198 e. The summed E-state index contributed by atoms with van der Waals surface area (Å²) in [6.45, 7) is 0. The maximum absolute atomic E-state index is 13.6. The van der Waals surface area contributed by atoms with Crippen molar-refractivity contribution < 1.29 is 26.4 Å². The van der Waals surface area contributed by atoms with Crippen LogP contribution in [-0.4, -0.2) is 20.5 Å². The van der Waals surface area contributed by atoms with Gasteiger partial charge in [0.25, 0.3) is 0 Å². The molecule has 0 heterocycles. The van der Waals surface area contributed by atoms with Gasteiger partial charge in [-0.1, -0.05) is 12.1 Å². The number of sulfone groups is 1. The highest BCUT2D eigenvalue weighted by Gasteiger charge is 2.21. The molecule has 0 aliphatic heterocycles. The van der Waals surface area contributed by atoms with Crippen molar-refractivity contribution in [3.63, 3.8) is 0 Å². The van der Waals surface area contributed by atoms with Gasteiger partial charge in [-0.05, 0) is 12.1 Å². The van der Waals surface area contributed by atoms with Crippen LogP contribution in [0.2, 0.25) is 0 Å². The minimum absolute atomic E-state index is 0.156. The molecule has 0 spiro atoms. The fraction of sp³-hybridized carbons (Fsp3) is 0.0714. The average molecular weight is 314 g/mol. The lowest BCUT2D eigenvalue weighted by molar-refractivity contribution is 0.103. The highest BCUT2D eigenvalue weighted by Crippen LogP contribution is 2.20. The molecule has 0 fully saturated rings. The van der Waals surface area contributed by atoms with Gasteiger partial charge >= 0.3 is 0 Å². The lowest BCUT2D eigenvalue weighted by atomic mass is 10.0. The number of hydrogen-bond acceptors (Lipinski definition) is 3. The molecular formula is C14H9F3O3S. The molecule has 2 aromatic rings.